The molecule has 0 radical (unpaired) electrons. The molecule has 0 amide bonds. The van der Waals surface area contributed by atoms with Crippen LogP contribution in [-0.2, 0) is 14.3 Å². The second kappa shape index (κ2) is 10.7. The van der Waals surface area contributed by atoms with E-state index in [0.717, 1.165) is 43.5 Å². The van der Waals surface area contributed by atoms with Gasteiger partial charge in [-0.2, -0.15) is 0 Å². The summed E-state index contributed by atoms with van der Waals surface area (Å²) in [5.41, 5.74) is 0.614. The minimum Gasteiger partial charge on any atom is -0.394 e. The van der Waals surface area contributed by atoms with Gasteiger partial charge in [-0.3, -0.25) is 0 Å². The van der Waals surface area contributed by atoms with Crippen molar-refractivity contribution in [3.05, 3.63) is 35.8 Å². The van der Waals surface area contributed by atoms with Gasteiger partial charge in [-0.05, 0) is 37.8 Å². The lowest BCUT2D eigenvalue weighted by Crippen LogP contribution is -2.57. The van der Waals surface area contributed by atoms with Crippen LogP contribution in [0.1, 0.15) is 57.4 Å². The van der Waals surface area contributed by atoms with E-state index in [4.69, 9.17) is 14.3 Å². The summed E-state index contributed by atoms with van der Waals surface area (Å²) >= 11 is 0. The molecule has 2 aliphatic heterocycles. The number of hydrogen-bond acceptors (Lipinski definition) is 8. The third kappa shape index (κ3) is 5.12. The minimum atomic E-state index is -1.58. The standard InChI is InChI=1S/C25H31F3N4O5/c1-35-24-19(10-15-11-25(37-30-15)6-4-2-3-5-7-25)36-20(13-33)23(34)22(24)32-12-18(29-31-32)14-8-16(26)21(28)17(27)9-14/h8-9,12,19-20,22-24,33-34H,2-7,10-11,13H2,1H3/t19-,20-,22+,23+,24+/m1/s1. The van der Waals surface area contributed by atoms with Crippen molar-refractivity contribution in [3.63, 3.8) is 0 Å². The number of oxime groups is 1. The van der Waals surface area contributed by atoms with Crippen molar-refractivity contribution >= 4 is 5.71 Å². The molecule has 1 aromatic carbocycles. The molecule has 9 nitrogen and oxygen atoms in total. The van der Waals surface area contributed by atoms with E-state index in [-0.39, 0.29) is 16.9 Å². The summed E-state index contributed by atoms with van der Waals surface area (Å²) in [4.78, 5) is 5.93. The topological polar surface area (TPSA) is 111 Å². The highest BCUT2D eigenvalue weighted by molar-refractivity contribution is 5.86. The van der Waals surface area contributed by atoms with Gasteiger partial charge in [0.05, 0.1) is 24.6 Å². The summed E-state index contributed by atoms with van der Waals surface area (Å²) in [6.07, 6.45) is 5.45. The number of ether oxygens (including phenoxy) is 2. The average Bonchev–Trinajstić information content (AvgIpc) is 3.46. The van der Waals surface area contributed by atoms with Crippen molar-refractivity contribution in [2.24, 2.45) is 5.16 Å². The third-order valence-corrected chi connectivity index (χ3v) is 7.68. The van der Waals surface area contributed by atoms with Crippen LogP contribution in [0, 0.1) is 17.5 Å². The molecule has 1 saturated heterocycles. The Balaban J connectivity index is 1.38. The lowest BCUT2D eigenvalue weighted by atomic mass is 9.85. The van der Waals surface area contributed by atoms with Crippen LogP contribution < -0.4 is 0 Å². The minimum absolute atomic E-state index is 0.0143. The van der Waals surface area contributed by atoms with E-state index in [1.54, 1.807) is 0 Å². The highest BCUT2D eigenvalue weighted by atomic mass is 19.2. The largest absolute Gasteiger partial charge is 0.394 e. The number of halogens is 3. The first-order valence-electron chi connectivity index (χ1n) is 12.6. The van der Waals surface area contributed by atoms with Gasteiger partial charge < -0.3 is 24.5 Å². The number of aliphatic hydroxyl groups is 2. The molecular weight excluding hydrogens is 493 g/mol. The van der Waals surface area contributed by atoms with Crippen molar-refractivity contribution in [1.29, 1.82) is 0 Å². The summed E-state index contributed by atoms with van der Waals surface area (Å²) in [7, 11) is 1.47. The molecule has 1 saturated carbocycles. The van der Waals surface area contributed by atoms with E-state index in [0.29, 0.717) is 12.8 Å². The Labute approximate surface area is 212 Å². The van der Waals surface area contributed by atoms with Gasteiger partial charge in [-0.25, -0.2) is 17.9 Å². The van der Waals surface area contributed by atoms with Crippen LogP contribution in [0.25, 0.3) is 11.3 Å². The van der Waals surface area contributed by atoms with Crippen molar-refractivity contribution in [2.45, 2.75) is 87.4 Å². The first kappa shape index (κ1) is 26.1. The molecule has 1 spiro atoms. The molecule has 0 bridgehead atoms. The highest BCUT2D eigenvalue weighted by Gasteiger charge is 2.48. The predicted octanol–water partition coefficient (Wildman–Crippen LogP) is 3.30. The lowest BCUT2D eigenvalue weighted by molar-refractivity contribution is -0.210. The number of nitrogens with zero attached hydrogens (tertiary/aromatic N) is 4. The van der Waals surface area contributed by atoms with E-state index in [1.807, 2.05) is 0 Å². The number of aromatic nitrogens is 3. The highest BCUT2D eigenvalue weighted by Crippen LogP contribution is 2.40. The molecule has 12 heteroatoms. The maximum atomic E-state index is 13.8. The Morgan fingerprint density at radius 2 is 1.81 bits per heavy atom. The van der Waals surface area contributed by atoms with Gasteiger partial charge in [0.15, 0.2) is 17.5 Å². The van der Waals surface area contributed by atoms with Gasteiger partial charge in [0.1, 0.15) is 35.6 Å². The molecule has 2 fully saturated rings. The first-order valence-corrected chi connectivity index (χ1v) is 12.6. The van der Waals surface area contributed by atoms with E-state index in [9.17, 15) is 23.4 Å². The SMILES string of the molecule is CO[C@@H]1[C@@H](n2cc(-c3cc(F)c(F)c(F)c3)nn2)[C@@H](O)[C@@H](CO)O[C@@H]1CC1=NOC2(CCCCCC2)C1. The number of rotatable bonds is 6. The number of methoxy groups -OCH3 is 1. The smallest absolute Gasteiger partial charge is 0.194 e. The molecule has 5 rings (SSSR count). The maximum absolute atomic E-state index is 13.8. The molecule has 1 aromatic heterocycles. The van der Waals surface area contributed by atoms with Crippen LogP contribution in [0.5, 0.6) is 0 Å². The summed E-state index contributed by atoms with van der Waals surface area (Å²) in [6, 6.07) is 0.802. The fraction of sp³-hybridized carbons (Fsp3) is 0.640. The molecule has 2 N–H and O–H groups in total. The Morgan fingerprint density at radius 3 is 2.46 bits per heavy atom. The van der Waals surface area contributed by atoms with Gasteiger partial charge in [-0.1, -0.05) is 23.2 Å². The number of benzene rings is 1. The third-order valence-electron chi connectivity index (χ3n) is 7.68. The van der Waals surface area contributed by atoms with Crippen molar-refractivity contribution in [2.75, 3.05) is 13.7 Å². The van der Waals surface area contributed by atoms with E-state index >= 15 is 0 Å². The normalized spacial score (nSPS) is 29.7. The van der Waals surface area contributed by atoms with Crippen molar-refractivity contribution in [1.82, 2.24) is 15.0 Å². The molecule has 1 aliphatic carbocycles. The van der Waals surface area contributed by atoms with Crippen LogP contribution in [0.4, 0.5) is 13.2 Å². The first-order chi connectivity index (χ1) is 17.8. The molecule has 5 atom stereocenters. The van der Waals surface area contributed by atoms with E-state index < -0.39 is 54.5 Å². The van der Waals surface area contributed by atoms with Crippen LogP contribution in [0.15, 0.2) is 23.5 Å². The lowest BCUT2D eigenvalue weighted by Gasteiger charge is -2.43. The molecular formula is C25H31F3N4O5. The second-order valence-electron chi connectivity index (χ2n) is 10.1. The monoisotopic (exact) mass is 524 g/mol. The van der Waals surface area contributed by atoms with Crippen LogP contribution >= 0.6 is 0 Å². The molecule has 37 heavy (non-hydrogen) atoms. The number of aliphatic hydroxyl groups excluding tert-OH is 2. The van der Waals surface area contributed by atoms with Crippen molar-refractivity contribution in [3.8, 4) is 11.3 Å². The predicted molar refractivity (Wildman–Crippen MR) is 125 cm³/mol. The fourth-order valence-corrected chi connectivity index (χ4v) is 5.77. The Morgan fingerprint density at radius 1 is 1.11 bits per heavy atom. The molecule has 0 unspecified atom stereocenters. The van der Waals surface area contributed by atoms with E-state index in [1.165, 1.54) is 30.8 Å². The molecule has 3 heterocycles. The van der Waals surface area contributed by atoms with Crippen LogP contribution in [0.2, 0.25) is 0 Å². The van der Waals surface area contributed by atoms with Gasteiger partial charge in [0.25, 0.3) is 0 Å². The average molecular weight is 525 g/mol. The summed E-state index contributed by atoms with van der Waals surface area (Å²) in [6.45, 7) is -0.451. The summed E-state index contributed by atoms with van der Waals surface area (Å²) < 4.78 is 54.0. The molecule has 202 valence electrons. The second-order valence-corrected chi connectivity index (χ2v) is 10.1. The van der Waals surface area contributed by atoms with Gasteiger partial charge in [-0.15, -0.1) is 5.10 Å². The Hall–Kier alpha value is -2.54. The Bertz CT molecular complexity index is 1110. The zero-order valence-electron chi connectivity index (χ0n) is 20.5. The van der Waals surface area contributed by atoms with Gasteiger partial charge in [0, 0.05) is 25.5 Å². The maximum Gasteiger partial charge on any atom is 0.194 e. The molecule has 2 aromatic rings. The summed E-state index contributed by atoms with van der Waals surface area (Å²) in [5.74, 6) is -4.28. The summed E-state index contributed by atoms with van der Waals surface area (Å²) in [5, 5.41) is 33.3. The zero-order chi connectivity index (χ0) is 26.2. The fourth-order valence-electron chi connectivity index (χ4n) is 5.77. The van der Waals surface area contributed by atoms with Crippen molar-refractivity contribution < 1.29 is 37.7 Å². The molecule has 3 aliphatic rings. The number of hydrogen-bond donors (Lipinski definition) is 2. The zero-order valence-corrected chi connectivity index (χ0v) is 20.5. The van der Waals surface area contributed by atoms with Crippen LogP contribution in [0.3, 0.4) is 0 Å². The van der Waals surface area contributed by atoms with Gasteiger partial charge in [0.2, 0.25) is 0 Å². The quantitative estimate of drug-likeness (QED) is 0.558. The van der Waals surface area contributed by atoms with E-state index in [2.05, 4.69) is 15.5 Å². The van der Waals surface area contributed by atoms with Gasteiger partial charge >= 0.3 is 0 Å². The Kier molecular flexibility index (Phi) is 7.53. The van der Waals surface area contributed by atoms with Crippen LogP contribution in [-0.4, -0.2) is 74.7 Å².